The minimum absolute atomic E-state index is 0.867. The lowest BCUT2D eigenvalue weighted by molar-refractivity contribution is -0.672. The van der Waals surface area contributed by atoms with Gasteiger partial charge >= 0.3 is 0 Å². The van der Waals surface area contributed by atoms with Gasteiger partial charge in [-0.1, -0.05) is 0 Å². The number of furan rings is 1. The van der Waals surface area contributed by atoms with Gasteiger partial charge in [-0.2, -0.15) is 0 Å². The Morgan fingerprint density at radius 1 is 1.43 bits per heavy atom. The van der Waals surface area contributed by atoms with Gasteiger partial charge in [0.25, 0.3) is 5.82 Å². The van der Waals surface area contributed by atoms with Crippen LogP contribution in [0.25, 0.3) is 12.2 Å². The SMILES string of the molecule is Cn1cc[n+](C)c1/C=C/c1ccco1. The highest BCUT2D eigenvalue weighted by Gasteiger charge is 2.06. The van der Waals surface area contributed by atoms with Gasteiger partial charge in [-0.15, -0.1) is 0 Å². The molecule has 0 fully saturated rings. The number of hydrogen-bond donors (Lipinski definition) is 0. The van der Waals surface area contributed by atoms with E-state index in [0.29, 0.717) is 0 Å². The molecule has 3 heteroatoms. The molecule has 0 unspecified atom stereocenters. The topological polar surface area (TPSA) is 21.9 Å². The van der Waals surface area contributed by atoms with E-state index >= 15 is 0 Å². The van der Waals surface area contributed by atoms with Crippen molar-refractivity contribution in [1.82, 2.24) is 4.57 Å². The molecular formula is C11H13N2O+. The number of aromatic nitrogens is 2. The third-order valence-corrected chi connectivity index (χ3v) is 2.18. The smallest absolute Gasteiger partial charge is 0.281 e. The molecule has 2 aromatic heterocycles. The summed E-state index contributed by atoms with van der Waals surface area (Å²) in [6.45, 7) is 0. The summed E-state index contributed by atoms with van der Waals surface area (Å²) in [5, 5.41) is 0. The van der Waals surface area contributed by atoms with Gasteiger partial charge < -0.3 is 4.42 Å². The molecule has 0 saturated carbocycles. The maximum Gasteiger partial charge on any atom is 0.281 e. The Balaban J connectivity index is 2.26. The van der Waals surface area contributed by atoms with E-state index in [1.165, 1.54) is 0 Å². The zero-order valence-corrected chi connectivity index (χ0v) is 8.34. The van der Waals surface area contributed by atoms with E-state index in [4.69, 9.17) is 4.42 Å². The fourth-order valence-electron chi connectivity index (χ4n) is 1.38. The Kier molecular flexibility index (Phi) is 2.23. The molecular weight excluding hydrogens is 176 g/mol. The quantitative estimate of drug-likeness (QED) is 0.658. The van der Waals surface area contributed by atoms with E-state index in [1.807, 2.05) is 50.8 Å². The first-order valence-electron chi connectivity index (χ1n) is 4.50. The summed E-state index contributed by atoms with van der Waals surface area (Å²) >= 11 is 0. The van der Waals surface area contributed by atoms with Crippen LogP contribution in [0.4, 0.5) is 0 Å². The molecule has 0 bridgehead atoms. The molecule has 72 valence electrons. The Labute approximate surface area is 82.9 Å². The van der Waals surface area contributed by atoms with Crippen molar-refractivity contribution in [1.29, 1.82) is 0 Å². The fraction of sp³-hybridized carbons (Fsp3) is 0.182. The van der Waals surface area contributed by atoms with Crippen molar-refractivity contribution in [3.05, 3.63) is 42.4 Å². The van der Waals surface area contributed by atoms with Gasteiger partial charge in [-0.3, -0.25) is 0 Å². The molecule has 2 aromatic rings. The van der Waals surface area contributed by atoms with E-state index in [0.717, 1.165) is 11.6 Å². The summed E-state index contributed by atoms with van der Waals surface area (Å²) in [5.74, 6) is 1.99. The van der Waals surface area contributed by atoms with E-state index in [-0.39, 0.29) is 0 Å². The molecule has 0 atom stereocenters. The molecule has 0 radical (unpaired) electrons. The normalized spacial score (nSPS) is 11.3. The number of nitrogens with zero attached hydrogens (tertiary/aromatic N) is 2. The second kappa shape index (κ2) is 3.54. The van der Waals surface area contributed by atoms with Crippen LogP contribution in [0, 0.1) is 0 Å². The van der Waals surface area contributed by atoms with Crippen LogP contribution < -0.4 is 4.57 Å². The first-order chi connectivity index (χ1) is 6.77. The fourth-order valence-corrected chi connectivity index (χ4v) is 1.38. The van der Waals surface area contributed by atoms with Crippen LogP contribution in [0.15, 0.2) is 35.2 Å². The van der Waals surface area contributed by atoms with Crippen molar-refractivity contribution in [2.24, 2.45) is 14.1 Å². The van der Waals surface area contributed by atoms with Gasteiger partial charge in [0.1, 0.15) is 18.2 Å². The maximum absolute atomic E-state index is 5.21. The van der Waals surface area contributed by atoms with E-state index in [1.54, 1.807) is 6.26 Å². The summed E-state index contributed by atoms with van der Waals surface area (Å²) in [7, 11) is 4.03. The second-order valence-electron chi connectivity index (χ2n) is 3.23. The lowest BCUT2D eigenvalue weighted by Crippen LogP contribution is -2.29. The molecule has 0 spiro atoms. The maximum atomic E-state index is 5.21. The Hall–Kier alpha value is -1.77. The van der Waals surface area contributed by atoms with Gasteiger partial charge in [0.2, 0.25) is 0 Å². The van der Waals surface area contributed by atoms with Gasteiger partial charge in [0.15, 0.2) is 0 Å². The first kappa shape index (κ1) is 8.81. The van der Waals surface area contributed by atoms with Crippen molar-refractivity contribution in [3.8, 4) is 0 Å². The van der Waals surface area contributed by atoms with E-state index < -0.39 is 0 Å². The number of imidazole rings is 1. The summed E-state index contributed by atoms with van der Waals surface area (Å²) in [6, 6.07) is 3.81. The van der Waals surface area contributed by atoms with Crippen molar-refractivity contribution in [2.75, 3.05) is 0 Å². The number of hydrogen-bond acceptors (Lipinski definition) is 1. The van der Waals surface area contributed by atoms with Crippen LogP contribution in [0.1, 0.15) is 11.6 Å². The second-order valence-corrected chi connectivity index (χ2v) is 3.23. The van der Waals surface area contributed by atoms with Crippen LogP contribution >= 0.6 is 0 Å². The van der Waals surface area contributed by atoms with Gasteiger partial charge in [-0.05, 0) is 18.2 Å². The van der Waals surface area contributed by atoms with E-state index in [2.05, 4.69) is 9.13 Å². The van der Waals surface area contributed by atoms with Gasteiger partial charge in [0, 0.05) is 6.08 Å². The van der Waals surface area contributed by atoms with Gasteiger partial charge in [-0.25, -0.2) is 9.13 Å². The highest BCUT2D eigenvalue weighted by atomic mass is 16.3. The third-order valence-electron chi connectivity index (χ3n) is 2.18. The zero-order chi connectivity index (χ0) is 9.97. The number of aryl methyl sites for hydroxylation is 2. The Morgan fingerprint density at radius 2 is 2.29 bits per heavy atom. The van der Waals surface area contributed by atoms with Crippen molar-refractivity contribution >= 4 is 12.2 Å². The molecule has 14 heavy (non-hydrogen) atoms. The Bertz CT molecular complexity index is 418. The van der Waals surface area contributed by atoms with Crippen LogP contribution in [0.2, 0.25) is 0 Å². The minimum atomic E-state index is 0.867. The summed E-state index contributed by atoms with van der Waals surface area (Å²) in [4.78, 5) is 0. The molecule has 0 aliphatic carbocycles. The van der Waals surface area contributed by atoms with Crippen LogP contribution in [-0.2, 0) is 14.1 Å². The van der Waals surface area contributed by atoms with Crippen LogP contribution in [0.3, 0.4) is 0 Å². The minimum Gasteiger partial charge on any atom is -0.465 e. The van der Waals surface area contributed by atoms with E-state index in [9.17, 15) is 0 Å². The molecule has 2 rings (SSSR count). The summed E-state index contributed by atoms with van der Waals surface area (Å²) < 4.78 is 9.32. The molecule has 0 aliphatic rings. The average Bonchev–Trinajstić information content (AvgIpc) is 2.76. The first-order valence-corrected chi connectivity index (χ1v) is 4.50. The predicted molar refractivity (Wildman–Crippen MR) is 54.2 cm³/mol. The largest absolute Gasteiger partial charge is 0.465 e. The molecule has 0 N–H and O–H groups in total. The summed E-state index contributed by atoms with van der Waals surface area (Å²) in [5.41, 5.74) is 0. The average molecular weight is 189 g/mol. The predicted octanol–water partition coefficient (Wildman–Crippen LogP) is 1.61. The van der Waals surface area contributed by atoms with Crippen molar-refractivity contribution in [3.63, 3.8) is 0 Å². The molecule has 0 aliphatic heterocycles. The Morgan fingerprint density at radius 3 is 2.86 bits per heavy atom. The third kappa shape index (κ3) is 1.62. The lowest BCUT2D eigenvalue weighted by Gasteiger charge is -1.89. The molecule has 3 nitrogen and oxygen atoms in total. The zero-order valence-electron chi connectivity index (χ0n) is 8.34. The molecule has 0 saturated heterocycles. The van der Waals surface area contributed by atoms with Crippen molar-refractivity contribution < 1.29 is 8.98 Å². The van der Waals surface area contributed by atoms with Crippen molar-refractivity contribution in [2.45, 2.75) is 0 Å². The number of rotatable bonds is 2. The molecule has 0 amide bonds. The molecule has 2 heterocycles. The lowest BCUT2D eigenvalue weighted by atomic mass is 10.4. The van der Waals surface area contributed by atoms with Crippen LogP contribution in [0.5, 0.6) is 0 Å². The summed E-state index contributed by atoms with van der Waals surface area (Å²) in [6.07, 6.45) is 9.68. The highest BCUT2D eigenvalue weighted by molar-refractivity contribution is 5.62. The highest BCUT2D eigenvalue weighted by Crippen LogP contribution is 2.05. The van der Waals surface area contributed by atoms with Crippen LogP contribution in [-0.4, -0.2) is 4.57 Å². The standard InChI is InChI=1S/C11H13N2O/c1-12-7-8-13(2)11(12)6-5-10-4-3-9-14-10/h3-9H,1-2H3/q+1/b6-5+. The molecule has 0 aromatic carbocycles. The van der Waals surface area contributed by atoms with Gasteiger partial charge in [0.05, 0.1) is 20.4 Å². The monoisotopic (exact) mass is 189 g/mol.